The summed E-state index contributed by atoms with van der Waals surface area (Å²) in [6.45, 7) is 5.78. The van der Waals surface area contributed by atoms with Gasteiger partial charge in [-0.05, 0) is 45.0 Å². The summed E-state index contributed by atoms with van der Waals surface area (Å²) in [6.07, 6.45) is 8.60. The molecule has 2 amide bonds. The Kier molecular flexibility index (Phi) is 5.79. The third-order valence-electron chi connectivity index (χ3n) is 5.81. The van der Waals surface area contributed by atoms with E-state index >= 15 is 0 Å². The molecule has 0 radical (unpaired) electrons. The maximum atomic E-state index is 12.8. The molecule has 1 saturated heterocycles. The number of amides is 2. The number of urea groups is 1. The Morgan fingerprint density at radius 1 is 1.24 bits per heavy atom. The monoisotopic (exact) mass is 341 g/mol. The van der Waals surface area contributed by atoms with Crippen LogP contribution in [0.2, 0.25) is 0 Å². The fraction of sp³-hybridized carbons (Fsp3) is 0.571. The van der Waals surface area contributed by atoms with Gasteiger partial charge in [-0.15, -0.1) is 0 Å². The van der Waals surface area contributed by atoms with Crippen LogP contribution in [-0.4, -0.2) is 55.1 Å². The molecule has 25 heavy (non-hydrogen) atoms. The van der Waals surface area contributed by atoms with E-state index in [1.807, 2.05) is 4.90 Å². The maximum absolute atomic E-state index is 12.8. The number of nitrogens with one attached hydrogen (secondary N) is 1. The smallest absolute Gasteiger partial charge is 0.318 e. The molecule has 1 atom stereocenters. The van der Waals surface area contributed by atoms with Crippen LogP contribution in [-0.2, 0) is 5.41 Å². The molecule has 1 aromatic rings. The van der Waals surface area contributed by atoms with E-state index in [9.17, 15) is 4.79 Å². The Labute approximate surface area is 151 Å². The quantitative estimate of drug-likeness (QED) is 0.833. The summed E-state index contributed by atoms with van der Waals surface area (Å²) in [5.74, 6) is 0. The first-order valence-corrected chi connectivity index (χ1v) is 9.60. The van der Waals surface area contributed by atoms with Crippen LogP contribution in [0.15, 0.2) is 42.5 Å². The lowest BCUT2D eigenvalue weighted by atomic mass is 9.72. The third kappa shape index (κ3) is 4.06. The van der Waals surface area contributed by atoms with Crippen molar-refractivity contribution in [3.63, 3.8) is 0 Å². The molecular formula is C21H31N3O. The molecule has 1 N–H and O–H groups in total. The average Bonchev–Trinajstić information content (AvgIpc) is 3.11. The summed E-state index contributed by atoms with van der Waals surface area (Å²) in [5, 5.41) is 3.27. The second kappa shape index (κ2) is 8.05. The van der Waals surface area contributed by atoms with Crippen LogP contribution >= 0.6 is 0 Å². The number of hydrogen-bond donors (Lipinski definition) is 1. The summed E-state index contributed by atoms with van der Waals surface area (Å²) < 4.78 is 0. The lowest BCUT2D eigenvalue weighted by Gasteiger charge is -2.41. The van der Waals surface area contributed by atoms with Crippen molar-refractivity contribution in [2.24, 2.45) is 0 Å². The van der Waals surface area contributed by atoms with Crippen molar-refractivity contribution < 1.29 is 4.79 Å². The highest BCUT2D eigenvalue weighted by Crippen LogP contribution is 2.34. The van der Waals surface area contributed by atoms with Crippen molar-refractivity contribution in [3.8, 4) is 0 Å². The number of nitrogens with zero attached hydrogens (tertiary/aromatic N) is 2. The molecule has 0 aromatic heterocycles. The van der Waals surface area contributed by atoms with E-state index in [-0.39, 0.29) is 17.5 Å². The van der Waals surface area contributed by atoms with Gasteiger partial charge in [0.05, 0.1) is 6.04 Å². The van der Waals surface area contributed by atoms with E-state index in [1.165, 1.54) is 5.56 Å². The first-order valence-electron chi connectivity index (χ1n) is 9.60. The van der Waals surface area contributed by atoms with Crippen molar-refractivity contribution in [2.45, 2.75) is 44.1 Å². The first-order chi connectivity index (χ1) is 12.1. The molecule has 2 aliphatic heterocycles. The Hall–Kier alpha value is -1.81. The highest BCUT2D eigenvalue weighted by Gasteiger charge is 2.36. The van der Waals surface area contributed by atoms with Gasteiger partial charge in [0.25, 0.3) is 0 Å². The lowest BCUT2D eigenvalue weighted by molar-refractivity contribution is 0.168. The van der Waals surface area contributed by atoms with Crippen molar-refractivity contribution in [1.29, 1.82) is 0 Å². The molecular weight excluding hydrogens is 310 g/mol. The molecule has 3 rings (SSSR count). The molecule has 0 bridgehead atoms. The zero-order valence-electron chi connectivity index (χ0n) is 15.6. The minimum absolute atomic E-state index is 0.0524. The minimum Gasteiger partial charge on any atom is -0.337 e. The zero-order chi connectivity index (χ0) is 17.7. The van der Waals surface area contributed by atoms with E-state index in [0.717, 1.165) is 51.9 Å². The summed E-state index contributed by atoms with van der Waals surface area (Å²) in [7, 11) is 2.18. The molecule has 0 saturated carbocycles. The van der Waals surface area contributed by atoms with Crippen LogP contribution in [0, 0.1) is 0 Å². The predicted molar refractivity (Wildman–Crippen MR) is 103 cm³/mol. The second-order valence-corrected chi connectivity index (χ2v) is 7.54. The van der Waals surface area contributed by atoms with Gasteiger partial charge in [0, 0.05) is 18.5 Å². The summed E-state index contributed by atoms with van der Waals surface area (Å²) in [6, 6.07) is 11.1. The molecule has 2 aliphatic rings. The summed E-state index contributed by atoms with van der Waals surface area (Å²) in [5.41, 5.74) is 1.41. The van der Waals surface area contributed by atoms with Gasteiger partial charge >= 0.3 is 6.03 Å². The second-order valence-electron chi connectivity index (χ2n) is 7.54. The number of carbonyl (C=O) groups excluding carboxylic acids is 1. The van der Waals surface area contributed by atoms with Crippen molar-refractivity contribution in [3.05, 3.63) is 48.0 Å². The molecule has 0 unspecified atom stereocenters. The molecule has 4 heteroatoms. The maximum Gasteiger partial charge on any atom is 0.318 e. The van der Waals surface area contributed by atoms with Crippen LogP contribution in [0.3, 0.4) is 0 Å². The van der Waals surface area contributed by atoms with Gasteiger partial charge in [-0.1, -0.05) is 55.8 Å². The average molecular weight is 341 g/mol. The fourth-order valence-corrected chi connectivity index (χ4v) is 4.10. The predicted octanol–water partition coefficient (Wildman–Crippen LogP) is 3.40. The standard InChI is InChI=1S/C21H31N3O/c1-3-8-19-11-7-14-24(19)20(25)22-17-21(12-15-23(2)16-13-21)18-9-5-4-6-10-18/h4-7,9-11,19H,3,8,12-17H2,1-2H3,(H,22,25)/t19-/m0/s1. The van der Waals surface area contributed by atoms with Gasteiger partial charge in [0.15, 0.2) is 0 Å². The molecule has 136 valence electrons. The van der Waals surface area contributed by atoms with Crippen LogP contribution in [0.1, 0.15) is 38.2 Å². The minimum atomic E-state index is 0.0524. The van der Waals surface area contributed by atoms with Gasteiger partial charge in [0.2, 0.25) is 0 Å². The van der Waals surface area contributed by atoms with E-state index in [2.05, 4.69) is 66.7 Å². The van der Waals surface area contributed by atoms with Crippen LogP contribution < -0.4 is 5.32 Å². The van der Waals surface area contributed by atoms with Crippen LogP contribution in [0.4, 0.5) is 4.79 Å². The molecule has 1 aromatic carbocycles. The van der Waals surface area contributed by atoms with Gasteiger partial charge < -0.3 is 15.1 Å². The molecule has 0 spiro atoms. The van der Waals surface area contributed by atoms with Gasteiger partial charge in [-0.3, -0.25) is 0 Å². The third-order valence-corrected chi connectivity index (χ3v) is 5.81. The number of rotatable bonds is 5. The Balaban J connectivity index is 1.68. The molecule has 4 nitrogen and oxygen atoms in total. The summed E-state index contributed by atoms with van der Waals surface area (Å²) in [4.78, 5) is 17.1. The highest BCUT2D eigenvalue weighted by atomic mass is 16.2. The van der Waals surface area contributed by atoms with Gasteiger partial charge in [-0.2, -0.15) is 0 Å². The lowest BCUT2D eigenvalue weighted by Crippen LogP contribution is -2.51. The van der Waals surface area contributed by atoms with Crippen molar-refractivity contribution in [2.75, 3.05) is 33.2 Å². The summed E-state index contributed by atoms with van der Waals surface area (Å²) >= 11 is 0. The molecule has 2 heterocycles. The Morgan fingerprint density at radius 2 is 1.96 bits per heavy atom. The highest BCUT2D eigenvalue weighted by molar-refractivity contribution is 5.75. The van der Waals surface area contributed by atoms with E-state index in [1.54, 1.807) is 0 Å². The van der Waals surface area contributed by atoms with Gasteiger partial charge in [-0.25, -0.2) is 4.79 Å². The number of benzene rings is 1. The SMILES string of the molecule is CCC[C@H]1C=CCN1C(=O)NCC1(c2ccccc2)CCN(C)CC1. The largest absolute Gasteiger partial charge is 0.337 e. The normalized spacial score (nSPS) is 23.0. The van der Waals surface area contributed by atoms with E-state index in [4.69, 9.17) is 0 Å². The van der Waals surface area contributed by atoms with Crippen LogP contribution in [0.5, 0.6) is 0 Å². The Morgan fingerprint density at radius 3 is 2.64 bits per heavy atom. The number of piperidine rings is 1. The van der Waals surface area contributed by atoms with Gasteiger partial charge in [0.1, 0.15) is 0 Å². The number of likely N-dealkylation sites (tertiary alicyclic amines) is 1. The zero-order valence-corrected chi connectivity index (χ0v) is 15.6. The first kappa shape index (κ1) is 18.0. The van der Waals surface area contributed by atoms with Crippen molar-refractivity contribution >= 4 is 6.03 Å². The number of hydrogen-bond acceptors (Lipinski definition) is 2. The van der Waals surface area contributed by atoms with E-state index in [0.29, 0.717) is 0 Å². The number of carbonyl (C=O) groups is 1. The molecule has 0 aliphatic carbocycles. The fourth-order valence-electron chi connectivity index (χ4n) is 4.10. The van der Waals surface area contributed by atoms with Crippen LogP contribution in [0.25, 0.3) is 0 Å². The van der Waals surface area contributed by atoms with Crippen molar-refractivity contribution in [1.82, 2.24) is 15.1 Å². The topological polar surface area (TPSA) is 35.6 Å². The van der Waals surface area contributed by atoms with E-state index < -0.39 is 0 Å². The Bertz CT molecular complexity index is 590. The molecule has 1 fully saturated rings.